The number of amides is 2. The van der Waals surface area contributed by atoms with Crippen LogP contribution < -0.4 is 5.32 Å². The Kier molecular flexibility index (Phi) is 7.21. The normalized spacial score (nSPS) is 24.9. The molecule has 1 aliphatic heterocycles. The van der Waals surface area contributed by atoms with E-state index >= 15 is 0 Å². The lowest BCUT2D eigenvalue weighted by Gasteiger charge is -2.45. The van der Waals surface area contributed by atoms with Gasteiger partial charge in [0.15, 0.2) is 0 Å². The lowest BCUT2D eigenvalue weighted by Crippen LogP contribution is -2.57. The van der Waals surface area contributed by atoms with Gasteiger partial charge in [-0.05, 0) is 57.1 Å². The van der Waals surface area contributed by atoms with E-state index in [1.54, 1.807) is 6.20 Å². The zero-order valence-electron chi connectivity index (χ0n) is 16.2. The summed E-state index contributed by atoms with van der Waals surface area (Å²) in [6.45, 7) is 3.84. The highest BCUT2D eigenvalue weighted by atomic mass is 16.5. The van der Waals surface area contributed by atoms with Gasteiger partial charge in [0.05, 0.1) is 18.8 Å². The Morgan fingerprint density at radius 3 is 3.00 bits per heavy atom. The first-order chi connectivity index (χ1) is 13.2. The number of carbonyl (C=O) groups is 2. The van der Waals surface area contributed by atoms with Crippen LogP contribution in [0, 0.1) is 5.92 Å². The van der Waals surface area contributed by atoms with Crippen LogP contribution in [0.25, 0.3) is 0 Å². The summed E-state index contributed by atoms with van der Waals surface area (Å²) in [5, 5.41) is 2.92. The van der Waals surface area contributed by atoms with Crippen LogP contribution in [-0.4, -0.2) is 53.5 Å². The molecule has 0 bridgehead atoms. The second-order valence-electron chi connectivity index (χ2n) is 7.54. The summed E-state index contributed by atoms with van der Waals surface area (Å²) in [6.07, 6.45) is 9.56. The standard InChI is InChI=1S/C21H31N3O3/c1-2-23-21(26)17-9-10-19-18(14-17)24(12-13-27-19)20(25)8-4-3-6-16-7-5-11-22-15-16/h5,7,11,15,17-19H,2-4,6,8-10,12-14H2,1H3,(H,23,26)/t17-,18+,19+/m0/s1. The first kappa shape index (κ1) is 19.8. The number of rotatable bonds is 7. The Balaban J connectivity index is 1.49. The number of ether oxygens (including phenoxy) is 1. The molecular formula is C21H31N3O3. The van der Waals surface area contributed by atoms with Gasteiger partial charge in [-0.2, -0.15) is 0 Å². The molecule has 0 spiro atoms. The molecule has 1 saturated carbocycles. The zero-order valence-corrected chi connectivity index (χ0v) is 16.2. The molecule has 1 aromatic heterocycles. The van der Waals surface area contributed by atoms with Gasteiger partial charge in [0.1, 0.15) is 0 Å². The number of morpholine rings is 1. The van der Waals surface area contributed by atoms with Gasteiger partial charge < -0.3 is 15.0 Å². The third kappa shape index (κ3) is 5.28. The number of nitrogens with one attached hydrogen (secondary N) is 1. The van der Waals surface area contributed by atoms with Crippen molar-refractivity contribution in [2.45, 2.75) is 64.0 Å². The van der Waals surface area contributed by atoms with E-state index < -0.39 is 0 Å². The number of aryl methyl sites for hydroxylation is 1. The number of carbonyl (C=O) groups excluding carboxylic acids is 2. The van der Waals surface area contributed by atoms with Crippen LogP contribution in [-0.2, 0) is 20.7 Å². The quantitative estimate of drug-likeness (QED) is 0.745. The SMILES string of the molecule is CCNC(=O)[C@H]1CC[C@H]2OCCN(C(=O)CCCCc3cccnc3)[C@@H]2C1. The smallest absolute Gasteiger partial charge is 0.223 e. The molecular weight excluding hydrogens is 342 g/mol. The van der Waals surface area contributed by atoms with Crippen molar-refractivity contribution in [1.82, 2.24) is 15.2 Å². The summed E-state index contributed by atoms with van der Waals surface area (Å²) in [5.41, 5.74) is 1.22. The van der Waals surface area contributed by atoms with E-state index in [9.17, 15) is 9.59 Å². The summed E-state index contributed by atoms with van der Waals surface area (Å²) < 4.78 is 5.90. The fourth-order valence-electron chi connectivity index (χ4n) is 4.27. The minimum atomic E-state index is -0.00576. The molecule has 3 rings (SSSR count). The van der Waals surface area contributed by atoms with Crippen molar-refractivity contribution < 1.29 is 14.3 Å². The van der Waals surface area contributed by atoms with E-state index in [0.29, 0.717) is 26.1 Å². The van der Waals surface area contributed by atoms with Crippen LogP contribution in [0.1, 0.15) is 51.0 Å². The van der Waals surface area contributed by atoms with Gasteiger partial charge in [-0.25, -0.2) is 0 Å². The van der Waals surface area contributed by atoms with E-state index in [1.807, 2.05) is 24.1 Å². The van der Waals surface area contributed by atoms with E-state index in [1.165, 1.54) is 5.56 Å². The highest BCUT2D eigenvalue weighted by Gasteiger charge is 2.41. The Labute approximate surface area is 161 Å². The first-order valence-corrected chi connectivity index (χ1v) is 10.3. The van der Waals surface area contributed by atoms with Gasteiger partial charge in [0, 0.05) is 37.8 Å². The minimum Gasteiger partial charge on any atom is -0.374 e. The highest BCUT2D eigenvalue weighted by Crippen LogP contribution is 2.33. The van der Waals surface area contributed by atoms with Crippen molar-refractivity contribution in [1.29, 1.82) is 0 Å². The number of hydrogen-bond acceptors (Lipinski definition) is 4. The average Bonchev–Trinajstić information content (AvgIpc) is 2.71. The first-order valence-electron chi connectivity index (χ1n) is 10.3. The third-order valence-corrected chi connectivity index (χ3v) is 5.69. The summed E-state index contributed by atoms with van der Waals surface area (Å²) >= 11 is 0. The fourth-order valence-corrected chi connectivity index (χ4v) is 4.27. The molecule has 2 fully saturated rings. The molecule has 2 heterocycles. The molecule has 6 heteroatoms. The molecule has 0 unspecified atom stereocenters. The number of unbranched alkanes of at least 4 members (excludes halogenated alkanes) is 1. The fraction of sp³-hybridized carbons (Fsp3) is 0.667. The third-order valence-electron chi connectivity index (χ3n) is 5.69. The maximum absolute atomic E-state index is 12.8. The molecule has 6 nitrogen and oxygen atoms in total. The lowest BCUT2D eigenvalue weighted by atomic mass is 9.81. The highest BCUT2D eigenvalue weighted by molar-refractivity contribution is 5.79. The van der Waals surface area contributed by atoms with E-state index in [2.05, 4.69) is 16.4 Å². The van der Waals surface area contributed by atoms with Gasteiger partial charge >= 0.3 is 0 Å². The Bertz CT molecular complexity index is 622. The van der Waals surface area contributed by atoms with Gasteiger partial charge in [0.25, 0.3) is 0 Å². The maximum atomic E-state index is 12.8. The summed E-state index contributed by atoms with van der Waals surface area (Å²) in [5.74, 6) is 0.315. The van der Waals surface area contributed by atoms with Gasteiger partial charge in [-0.3, -0.25) is 14.6 Å². The van der Waals surface area contributed by atoms with Crippen LogP contribution in [0.2, 0.25) is 0 Å². The minimum absolute atomic E-state index is 0.00576. The second kappa shape index (κ2) is 9.83. The summed E-state index contributed by atoms with van der Waals surface area (Å²) in [6, 6.07) is 4.07. The Hall–Kier alpha value is -1.95. The topological polar surface area (TPSA) is 71.5 Å². The van der Waals surface area contributed by atoms with Crippen LogP contribution >= 0.6 is 0 Å². The average molecular weight is 373 g/mol. The molecule has 148 valence electrons. The number of pyridine rings is 1. The van der Waals surface area contributed by atoms with Crippen LogP contribution in [0.15, 0.2) is 24.5 Å². The summed E-state index contributed by atoms with van der Waals surface area (Å²) in [7, 11) is 0. The Morgan fingerprint density at radius 1 is 1.33 bits per heavy atom. The lowest BCUT2D eigenvalue weighted by molar-refractivity contribution is -0.154. The van der Waals surface area contributed by atoms with Gasteiger partial charge in [-0.1, -0.05) is 6.07 Å². The second-order valence-corrected chi connectivity index (χ2v) is 7.54. The zero-order chi connectivity index (χ0) is 19.1. The molecule has 2 aliphatic rings. The van der Waals surface area contributed by atoms with Crippen molar-refractivity contribution in [2.24, 2.45) is 5.92 Å². The van der Waals surface area contributed by atoms with E-state index in [0.717, 1.165) is 38.5 Å². The van der Waals surface area contributed by atoms with Gasteiger partial charge in [-0.15, -0.1) is 0 Å². The predicted octanol–water partition coefficient (Wildman–Crippen LogP) is 2.33. The number of hydrogen-bond donors (Lipinski definition) is 1. The number of fused-ring (bicyclic) bond motifs is 1. The van der Waals surface area contributed by atoms with Crippen molar-refractivity contribution in [2.75, 3.05) is 19.7 Å². The largest absolute Gasteiger partial charge is 0.374 e. The monoisotopic (exact) mass is 373 g/mol. The molecule has 27 heavy (non-hydrogen) atoms. The predicted molar refractivity (Wildman–Crippen MR) is 103 cm³/mol. The molecule has 3 atom stereocenters. The maximum Gasteiger partial charge on any atom is 0.223 e. The van der Waals surface area contributed by atoms with Crippen molar-refractivity contribution in [3.05, 3.63) is 30.1 Å². The van der Waals surface area contributed by atoms with Crippen LogP contribution in [0.5, 0.6) is 0 Å². The number of aromatic nitrogens is 1. The number of nitrogens with zero attached hydrogens (tertiary/aromatic N) is 2. The van der Waals surface area contributed by atoms with E-state index in [-0.39, 0.29) is 29.9 Å². The molecule has 2 amide bonds. The Morgan fingerprint density at radius 2 is 2.22 bits per heavy atom. The van der Waals surface area contributed by atoms with Gasteiger partial charge in [0.2, 0.25) is 11.8 Å². The molecule has 0 aromatic carbocycles. The molecule has 1 aromatic rings. The molecule has 1 N–H and O–H groups in total. The van der Waals surface area contributed by atoms with Crippen molar-refractivity contribution >= 4 is 11.8 Å². The van der Waals surface area contributed by atoms with Crippen LogP contribution in [0.3, 0.4) is 0 Å². The summed E-state index contributed by atoms with van der Waals surface area (Å²) in [4.78, 5) is 31.2. The van der Waals surface area contributed by atoms with Crippen LogP contribution in [0.4, 0.5) is 0 Å². The van der Waals surface area contributed by atoms with Crippen molar-refractivity contribution in [3.8, 4) is 0 Å². The van der Waals surface area contributed by atoms with E-state index in [4.69, 9.17) is 4.74 Å². The van der Waals surface area contributed by atoms with Crippen molar-refractivity contribution in [3.63, 3.8) is 0 Å². The molecule has 1 aliphatic carbocycles. The molecule has 1 saturated heterocycles. The molecule has 0 radical (unpaired) electrons.